The Bertz CT molecular complexity index is 581. The lowest BCUT2D eigenvalue weighted by atomic mass is 10.2. The summed E-state index contributed by atoms with van der Waals surface area (Å²) >= 11 is 7.51. The minimum absolute atomic E-state index is 0.142. The lowest BCUT2D eigenvalue weighted by molar-refractivity contribution is -0.116. The molecule has 104 valence electrons. The van der Waals surface area contributed by atoms with Gasteiger partial charge in [0.2, 0.25) is 5.91 Å². The molecule has 0 saturated carbocycles. The van der Waals surface area contributed by atoms with Crippen LogP contribution in [0.4, 0.5) is 0 Å². The van der Waals surface area contributed by atoms with Crippen LogP contribution in [0.15, 0.2) is 58.6 Å². The quantitative estimate of drug-likeness (QED) is 0.820. The number of carbonyl (C=O) groups is 1. The Morgan fingerprint density at radius 1 is 1.30 bits per heavy atom. The number of nitrogens with one attached hydrogen (secondary N) is 1. The Morgan fingerprint density at radius 2 is 2.15 bits per heavy atom. The van der Waals surface area contributed by atoms with E-state index in [4.69, 9.17) is 16.0 Å². The van der Waals surface area contributed by atoms with Gasteiger partial charge in [0.15, 0.2) is 0 Å². The molecule has 0 atom stereocenters. The van der Waals surface area contributed by atoms with Crippen LogP contribution in [0, 0.1) is 0 Å². The fourth-order valence-corrected chi connectivity index (χ4v) is 2.37. The van der Waals surface area contributed by atoms with Crippen LogP contribution in [0.1, 0.15) is 11.3 Å². The van der Waals surface area contributed by atoms with Gasteiger partial charge in [-0.05, 0) is 29.2 Å². The second-order valence-corrected chi connectivity index (χ2v) is 5.30. The first-order valence-corrected chi connectivity index (χ1v) is 7.50. The third kappa shape index (κ3) is 4.79. The van der Waals surface area contributed by atoms with Crippen molar-refractivity contribution in [1.82, 2.24) is 5.32 Å². The van der Waals surface area contributed by atoms with Crippen LogP contribution in [0.3, 0.4) is 0 Å². The minimum atomic E-state index is -0.142. The number of halogens is 1. The fraction of sp³-hybridized carbons (Fsp3) is 0.133. The van der Waals surface area contributed by atoms with Crippen LogP contribution in [-0.2, 0) is 17.1 Å². The van der Waals surface area contributed by atoms with Crippen molar-refractivity contribution in [3.63, 3.8) is 0 Å². The summed E-state index contributed by atoms with van der Waals surface area (Å²) in [5.41, 5.74) is 0.902. The van der Waals surface area contributed by atoms with Gasteiger partial charge in [-0.1, -0.05) is 29.8 Å². The molecule has 1 aromatic carbocycles. The molecule has 0 radical (unpaired) electrons. The number of furan rings is 1. The molecule has 2 aromatic rings. The summed E-state index contributed by atoms with van der Waals surface area (Å²) in [5, 5.41) is 5.20. The van der Waals surface area contributed by atoms with Gasteiger partial charge >= 0.3 is 0 Å². The number of amides is 1. The predicted molar refractivity (Wildman–Crippen MR) is 82.4 cm³/mol. The average Bonchev–Trinajstić information content (AvgIpc) is 2.96. The van der Waals surface area contributed by atoms with Crippen molar-refractivity contribution in [1.29, 1.82) is 0 Å². The first-order valence-electron chi connectivity index (χ1n) is 6.07. The van der Waals surface area contributed by atoms with Crippen molar-refractivity contribution in [2.24, 2.45) is 0 Å². The Labute approximate surface area is 127 Å². The van der Waals surface area contributed by atoms with Crippen LogP contribution in [-0.4, -0.2) is 5.91 Å². The zero-order valence-electron chi connectivity index (χ0n) is 10.7. The van der Waals surface area contributed by atoms with Crippen LogP contribution in [0.2, 0.25) is 5.02 Å². The van der Waals surface area contributed by atoms with Crippen LogP contribution in [0.25, 0.3) is 0 Å². The molecule has 1 heterocycles. The van der Waals surface area contributed by atoms with Crippen molar-refractivity contribution in [2.45, 2.75) is 12.3 Å². The second-order valence-electron chi connectivity index (χ2n) is 4.00. The van der Waals surface area contributed by atoms with E-state index in [2.05, 4.69) is 5.32 Å². The maximum absolute atomic E-state index is 11.6. The van der Waals surface area contributed by atoms with E-state index in [0.717, 1.165) is 11.3 Å². The molecule has 0 saturated heterocycles. The van der Waals surface area contributed by atoms with E-state index in [-0.39, 0.29) is 5.91 Å². The van der Waals surface area contributed by atoms with Crippen molar-refractivity contribution in [2.75, 3.05) is 0 Å². The molecule has 1 aromatic heterocycles. The molecular formula is C15H14ClNO2S. The number of hydrogen-bond donors (Lipinski definition) is 1. The minimum Gasteiger partial charge on any atom is -0.468 e. The summed E-state index contributed by atoms with van der Waals surface area (Å²) in [6.45, 7) is 0.422. The van der Waals surface area contributed by atoms with Crippen LogP contribution < -0.4 is 5.32 Å². The Morgan fingerprint density at radius 3 is 2.90 bits per heavy atom. The fourth-order valence-electron chi connectivity index (χ4n) is 1.52. The SMILES string of the molecule is O=C(/C=C/SCc1ccco1)NCc1ccccc1Cl. The summed E-state index contributed by atoms with van der Waals surface area (Å²) in [6, 6.07) is 11.2. The van der Waals surface area contributed by atoms with E-state index >= 15 is 0 Å². The maximum Gasteiger partial charge on any atom is 0.244 e. The number of benzene rings is 1. The zero-order chi connectivity index (χ0) is 14.2. The molecule has 0 fully saturated rings. The number of hydrogen-bond acceptors (Lipinski definition) is 3. The molecular weight excluding hydrogens is 294 g/mol. The van der Waals surface area contributed by atoms with Gasteiger partial charge in [0, 0.05) is 17.6 Å². The highest BCUT2D eigenvalue weighted by Gasteiger charge is 2.00. The first-order chi connectivity index (χ1) is 9.75. The highest BCUT2D eigenvalue weighted by Crippen LogP contribution is 2.15. The lowest BCUT2D eigenvalue weighted by Crippen LogP contribution is -2.20. The third-order valence-corrected chi connectivity index (χ3v) is 3.68. The van der Waals surface area contributed by atoms with E-state index < -0.39 is 0 Å². The molecule has 5 heteroatoms. The number of carbonyl (C=O) groups excluding carboxylic acids is 1. The topological polar surface area (TPSA) is 42.2 Å². The molecule has 1 amide bonds. The zero-order valence-corrected chi connectivity index (χ0v) is 12.3. The smallest absolute Gasteiger partial charge is 0.244 e. The highest BCUT2D eigenvalue weighted by molar-refractivity contribution is 8.01. The largest absolute Gasteiger partial charge is 0.468 e. The van der Waals surface area contributed by atoms with Gasteiger partial charge in [0.05, 0.1) is 12.0 Å². The standard InChI is InChI=1S/C15H14ClNO2S/c16-14-6-2-1-4-12(14)10-17-15(18)7-9-20-11-13-5-3-8-19-13/h1-9H,10-11H2,(H,17,18)/b9-7+. The van der Waals surface area contributed by atoms with Crippen molar-refractivity contribution < 1.29 is 9.21 Å². The summed E-state index contributed by atoms with van der Waals surface area (Å²) in [6.07, 6.45) is 3.14. The average molecular weight is 308 g/mol. The summed E-state index contributed by atoms with van der Waals surface area (Å²) in [4.78, 5) is 11.6. The summed E-state index contributed by atoms with van der Waals surface area (Å²) in [7, 11) is 0. The molecule has 0 aliphatic carbocycles. The number of rotatable bonds is 6. The van der Waals surface area contributed by atoms with E-state index in [1.54, 1.807) is 17.7 Å². The third-order valence-electron chi connectivity index (χ3n) is 2.53. The van der Waals surface area contributed by atoms with Gasteiger partial charge in [-0.3, -0.25) is 4.79 Å². The van der Waals surface area contributed by atoms with E-state index in [1.807, 2.05) is 30.3 Å². The monoisotopic (exact) mass is 307 g/mol. The Hall–Kier alpha value is -1.65. The molecule has 0 aliphatic heterocycles. The van der Waals surface area contributed by atoms with E-state index in [9.17, 15) is 4.79 Å². The van der Waals surface area contributed by atoms with Crippen LogP contribution in [0.5, 0.6) is 0 Å². The molecule has 0 aliphatic rings. The van der Waals surface area contributed by atoms with E-state index in [1.165, 1.54) is 17.8 Å². The van der Waals surface area contributed by atoms with Crippen LogP contribution >= 0.6 is 23.4 Å². The molecule has 1 N–H and O–H groups in total. The second kappa shape index (κ2) is 7.82. The van der Waals surface area contributed by atoms with E-state index in [0.29, 0.717) is 17.3 Å². The molecule has 0 unspecified atom stereocenters. The van der Waals surface area contributed by atoms with Gasteiger partial charge in [-0.25, -0.2) is 0 Å². The van der Waals surface area contributed by atoms with Crippen molar-refractivity contribution in [3.8, 4) is 0 Å². The summed E-state index contributed by atoms with van der Waals surface area (Å²) < 4.78 is 5.19. The molecule has 3 nitrogen and oxygen atoms in total. The maximum atomic E-state index is 11.6. The molecule has 20 heavy (non-hydrogen) atoms. The number of thioether (sulfide) groups is 1. The van der Waals surface area contributed by atoms with Crippen molar-refractivity contribution in [3.05, 3.63) is 70.5 Å². The predicted octanol–water partition coefficient (Wildman–Crippen LogP) is 4.00. The Kier molecular flexibility index (Phi) is 5.77. The first kappa shape index (κ1) is 14.8. The molecule has 2 rings (SSSR count). The van der Waals surface area contributed by atoms with Gasteiger partial charge in [0.1, 0.15) is 5.76 Å². The molecule has 0 spiro atoms. The highest BCUT2D eigenvalue weighted by atomic mass is 35.5. The van der Waals surface area contributed by atoms with Gasteiger partial charge in [-0.2, -0.15) is 0 Å². The Balaban J connectivity index is 1.71. The lowest BCUT2D eigenvalue weighted by Gasteiger charge is -2.04. The van der Waals surface area contributed by atoms with Gasteiger partial charge in [-0.15, -0.1) is 11.8 Å². The van der Waals surface area contributed by atoms with Crippen molar-refractivity contribution >= 4 is 29.3 Å². The normalized spacial score (nSPS) is 10.8. The van der Waals surface area contributed by atoms with Gasteiger partial charge < -0.3 is 9.73 Å². The van der Waals surface area contributed by atoms with Gasteiger partial charge in [0.25, 0.3) is 0 Å². The molecule has 0 bridgehead atoms. The summed E-state index contributed by atoms with van der Waals surface area (Å²) in [5.74, 6) is 1.45.